The van der Waals surface area contributed by atoms with Gasteiger partial charge in [0.15, 0.2) is 0 Å². The first-order valence-corrected chi connectivity index (χ1v) is 43.1. The van der Waals surface area contributed by atoms with E-state index >= 15 is 0 Å². The molecule has 4 fully saturated rings. The van der Waals surface area contributed by atoms with Gasteiger partial charge in [-0.2, -0.15) is 0 Å². The number of aromatic nitrogens is 2. The van der Waals surface area contributed by atoms with Crippen LogP contribution in [0.15, 0.2) is 194 Å². The van der Waals surface area contributed by atoms with E-state index < -0.39 is 0 Å². The van der Waals surface area contributed by atoms with Crippen LogP contribution in [0.1, 0.15) is 219 Å². The summed E-state index contributed by atoms with van der Waals surface area (Å²) in [5, 5.41) is 35.4. The van der Waals surface area contributed by atoms with Crippen LogP contribution < -0.4 is 40.2 Å². The zero-order chi connectivity index (χ0) is 82.8. The van der Waals surface area contributed by atoms with Crippen LogP contribution >= 0.6 is 0 Å². The number of hydrogen-bond acceptors (Lipinski definition) is 16. The van der Waals surface area contributed by atoms with Crippen molar-refractivity contribution in [3.8, 4) is 34.5 Å². The second-order valence-corrected chi connectivity index (χ2v) is 31.5. The van der Waals surface area contributed by atoms with Crippen LogP contribution in [0.5, 0.6) is 34.5 Å². The number of para-hydroxylation sites is 3. The average molecular weight is 1600 g/mol. The van der Waals surface area contributed by atoms with Crippen molar-refractivity contribution in [3.63, 3.8) is 0 Å². The lowest BCUT2D eigenvalue weighted by Crippen LogP contribution is -2.37. The fourth-order valence-electron chi connectivity index (χ4n) is 17.5. The molecule has 4 unspecified atom stereocenters. The van der Waals surface area contributed by atoms with Gasteiger partial charge in [0.05, 0.1) is 16.8 Å². The summed E-state index contributed by atoms with van der Waals surface area (Å²) in [7, 11) is 0. The molecule has 6 N–H and O–H groups in total. The second-order valence-electron chi connectivity index (χ2n) is 31.5. The van der Waals surface area contributed by atoms with Gasteiger partial charge in [-0.1, -0.05) is 78.9 Å². The molecule has 4 amide bonds. The molecule has 620 valence electrons. The quantitative estimate of drug-likeness (QED) is 0.0528. The van der Waals surface area contributed by atoms with Gasteiger partial charge < -0.3 is 70.0 Å². The van der Waals surface area contributed by atoms with Gasteiger partial charge in [-0.3, -0.25) is 29.1 Å². The lowest BCUT2D eigenvalue weighted by Gasteiger charge is -2.36. The highest BCUT2D eigenvalue weighted by Crippen LogP contribution is 2.49. The highest BCUT2D eigenvalue weighted by atomic mass is 16.5. The maximum atomic E-state index is 12.7. The van der Waals surface area contributed by atoms with Gasteiger partial charge in [-0.05, 0) is 285 Å². The van der Waals surface area contributed by atoms with Crippen molar-refractivity contribution >= 4 is 45.9 Å². The summed E-state index contributed by atoms with van der Waals surface area (Å²) in [6, 6.07) is 50.5. The molecule has 20 nitrogen and oxygen atoms in total. The zero-order valence-electron chi connectivity index (χ0n) is 70.1. The Morgan fingerprint density at radius 1 is 0.339 bits per heavy atom. The van der Waals surface area contributed by atoms with Crippen molar-refractivity contribution in [2.45, 2.75) is 155 Å². The van der Waals surface area contributed by atoms with Crippen molar-refractivity contribution in [3.05, 3.63) is 261 Å². The number of amides is 4. The monoisotopic (exact) mass is 1590 g/mol. The summed E-state index contributed by atoms with van der Waals surface area (Å²) >= 11 is 0. The van der Waals surface area contributed by atoms with Crippen LogP contribution in [0.3, 0.4) is 0 Å². The number of carbonyl (C=O) groups is 4. The van der Waals surface area contributed by atoms with Crippen molar-refractivity contribution in [1.29, 1.82) is 0 Å². The standard InChI is InChI=1S/2C25H30N2O3.2C24H29N3O2/c1-3-27(4-2)24(29)19-11-9-18(10-12-19)20-17-25(13-6-15-26-16-14-25)30-22-8-5-7-21(28)23(20)22;1-3-27(4-2)24(29)18-10-11-19(22(28)16-18)21-17-25(12-7-14-26-15-13-25)30-23-9-6-5-8-20(21)23;1-3-27(4-2)23(28)18-10-11-21(26-17-18)20-16-24(12-7-14-25-15-13-24)29-22-9-6-5-8-19(20)22;1-3-27(4-2)23(28)21-11-10-18(17-26-21)20-16-24(12-7-14-25-15-13-24)29-22-9-6-5-8-19(20)22/h5,7-12,17,26,28H,3-4,6,13-16H2,1-2H3;5-6,8-11,16-17,26,28H,3-4,7,12-15H2,1-2H3;2*5-6,8-11,16-17,25H,3-4,7,12-15H2,1-2H3. The third kappa shape index (κ3) is 19.3. The lowest BCUT2D eigenvalue weighted by molar-refractivity contribution is 0.0760. The summed E-state index contributed by atoms with van der Waals surface area (Å²) in [6.45, 7) is 29.0. The number of phenols is 2. The third-order valence-electron chi connectivity index (χ3n) is 24.2. The Kier molecular flexibility index (Phi) is 28.2. The van der Waals surface area contributed by atoms with Crippen molar-refractivity contribution < 1.29 is 48.3 Å². The zero-order valence-corrected chi connectivity index (χ0v) is 70.1. The molecule has 4 saturated heterocycles. The third-order valence-corrected chi connectivity index (χ3v) is 24.2. The van der Waals surface area contributed by atoms with Gasteiger partial charge in [-0.25, -0.2) is 0 Å². The summed E-state index contributed by atoms with van der Waals surface area (Å²) in [6.07, 6.45) is 24.1. The fraction of sp³-hybridized carbons (Fsp3) is 0.408. The van der Waals surface area contributed by atoms with E-state index in [0.717, 1.165) is 219 Å². The number of phenolic OH excluding ortho intramolecular Hbond substituents is 2. The summed E-state index contributed by atoms with van der Waals surface area (Å²) in [5.74, 6) is 3.73. The number of benzene rings is 6. The van der Waals surface area contributed by atoms with E-state index in [9.17, 15) is 29.4 Å². The summed E-state index contributed by atoms with van der Waals surface area (Å²) < 4.78 is 26.0. The summed E-state index contributed by atoms with van der Waals surface area (Å²) in [4.78, 5) is 67.0. The van der Waals surface area contributed by atoms with Crippen molar-refractivity contribution in [2.75, 3.05) is 105 Å². The van der Waals surface area contributed by atoms with E-state index in [1.54, 1.807) is 28.1 Å². The molecule has 4 atom stereocenters. The number of pyridine rings is 2. The largest absolute Gasteiger partial charge is 0.507 e. The SMILES string of the molecule is CCN(CC)C(=O)c1ccc(C2=CC3(CCCNCC3)Oc3cccc(O)c32)cc1.CCN(CC)C(=O)c1ccc(C2=CC3(CCCNCC3)Oc3ccccc32)c(O)c1.CCN(CC)C(=O)c1ccc(C2=CC3(CCCNCC3)Oc3ccccc32)cn1.CCN(CC)C(=O)c1ccc(C2=CC3(CCCNCC3)Oc3ccccc32)nc1. The molecule has 0 aliphatic carbocycles. The van der Waals surface area contributed by atoms with Gasteiger partial charge in [0.2, 0.25) is 0 Å². The molecule has 20 heteroatoms. The van der Waals surface area contributed by atoms with Gasteiger partial charge in [0, 0.05) is 135 Å². The number of fused-ring (bicyclic) bond motifs is 4. The van der Waals surface area contributed by atoms with E-state index in [0.29, 0.717) is 74.7 Å². The number of rotatable bonds is 16. The molecule has 16 rings (SSSR count). The van der Waals surface area contributed by atoms with Gasteiger partial charge in [0.25, 0.3) is 23.6 Å². The minimum Gasteiger partial charge on any atom is -0.507 e. The fourth-order valence-corrected chi connectivity index (χ4v) is 17.5. The average Bonchev–Trinajstić information content (AvgIpc) is 1.11. The molecule has 6 aromatic carbocycles. The Bertz CT molecular complexity index is 4730. The molecule has 0 saturated carbocycles. The summed E-state index contributed by atoms with van der Waals surface area (Å²) in [5.41, 5.74) is 12.6. The highest BCUT2D eigenvalue weighted by molar-refractivity contribution is 5.98. The Morgan fingerprint density at radius 3 is 1.19 bits per heavy atom. The van der Waals surface area contributed by atoms with E-state index in [4.69, 9.17) is 18.9 Å². The number of hydrogen-bond donors (Lipinski definition) is 6. The number of carbonyl (C=O) groups excluding carboxylic acids is 4. The molecule has 8 aromatic rings. The maximum absolute atomic E-state index is 12.7. The smallest absolute Gasteiger partial charge is 0.272 e. The predicted molar refractivity (Wildman–Crippen MR) is 468 cm³/mol. The molecule has 10 heterocycles. The number of nitrogens with zero attached hydrogens (tertiary/aromatic N) is 6. The van der Waals surface area contributed by atoms with Crippen LogP contribution in [0.4, 0.5) is 0 Å². The molecule has 8 aliphatic heterocycles. The molecule has 4 spiro atoms. The van der Waals surface area contributed by atoms with E-state index in [1.165, 1.54) is 0 Å². The Labute approximate surface area is 696 Å². The first-order valence-electron chi connectivity index (χ1n) is 43.1. The first kappa shape index (κ1) is 85.0. The van der Waals surface area contributed by atoms with Gasteiger partial charge >= 0.3 is 0 Å². The Hall–Kier alpha value is -10.9. The van der Waals surface area contributed by atoms with Gasteiger partial charge in [0.1, 0.15) is 62.6 Å². The topological polar surface area (TPSA) is 233 Å². The Morgan fingerprint density at radius 2 is 0.729 bits per heavy atom. The predicted octanol–water partition coefficient (Wildman–Crippen LogP) is 16.2. The van der Waals surface area contributed by atoms with Gasteiger partial charge in [-0.15, -0.1) is 0 Å². The minimum absolute atomic E-state index is 0.0192. The van der Waals surface area contributed by atoms with Crippen LogP contribution in [-0.4, -0.2) is 191 Å². The normalized spacial score (nSPS) is 20.8. The Balaban J connectivity index is 0.000000136. The molecule has 0 bridgehead atoms. The highest BCUT2D eigenvalue weighted by Gasteiger charge is 2.42. The molecule has 0 radical (unpaired) electrons. The van der Waals surface area contributed by atoms with E-state index in [1.807, 2.05) is 205 Å². The number of aromatic hydroxyl groups is 2. The van der Waals surface area contributed by atoms with Crippen LogP contribution in [0, 0.1) is 0 Å². The van der Waals surface area contributed by atoms with Crippen molar-refractivity contribution in [2.24, 2.45) is 0 Å². The molecular formula is C98H118N10O10. The van der Waals surface area contributed by atoms with Crippen LogP contribution in [-0.2, 0) is 0 Å². The molecule has 118 heavy (non-hydrogen) atoms. The maximum Gasteiger partial charge on any atom is 0.272 e. The second kappa shape index (κ2) is 39.1. The number of ether oxygens (including phenoxy) is 4. The molecule has 2 aromatic heterocycles. The first-order chi connectivity index (χ1) is 57.4. The van der Waals surface area contributed by atoms with Crippen LogP contribution in [0.2, 0.25) is 0 Å². The van der Waals surface area contributed by atoms with Crippen LogP contribution in [0.25, 0.3) is 22.3 Å². The minimum atomic E-state index is -0.380. The lowest BCUT2D eigenvalue weighted by atomic mass is 9.84. The molecule has 8 aliphatic rings. The number of nitrogens with one attached hydrogen (secondary N) is 4. The van der Waals surface area contributed by atoms with E-state index in [2.05, 4.69) is 67.7 Å². The molecular weight excluding hydrogens is 1480 g/mol. The van der Waals surface area contributed by atoms with Crippen molar-refractivity contribution in [1.82, 2.24) is 50.8 Å². The van der Waals surface area contributed by atoms with E-state index in [-0.39, 0.29) is 57.5 Å².